The summed E-state index contributed by atoms with van der Waals surface area (Å²) in [5.74, 6) is 1.54. The van der Waals surface area contributed by atoms with Gasteiger partial charge in [0.25, 0.3) is 0 Å². The highest BCUT2D eigenvalue weighted by molar-refractivity contribution is 5.99. The van der Waals surface area contributed by atoms with Gasteiger partial charge in [0.15, 0.2) is 5.84 Å². The Morgan fingerprint density at radius 2 is 2.24 bits per heavy atom. The topological polar surface area (TPSA) is 71.1 Å². The summed E-state index contributed by atoms with van der Waals surface area (Å²) in [4.78, 5) is 2.49. The van der Waals surface area contributed by atoms with Crippen molar-refractivity contribution in [1.29, 1.82) is 0 Å². The van der Waals surface area contributed by atoms with Gasteiger partial charge >= 0.3 is 0 Å². The fourth-order valence-corrected chi connectivity index (χ4v) is 2.84. The lowest BCUT2D eigenvalue weighted by Crippen LogP contribution is -2.24. The molecule has 1 aliphatic rings. The van der Waals surface area contributed by atoms with Crippen molar-refractivity contribution < 1.29 is 9.94 Å². The molecular weight excluding hydrogens is 266 g/mol. The predicted octanol–water partition coefficient (Wildman–Crippen LogP) is 2.41. The number of rotatable bonds is 4. The highest BCUT2D eigenvalue weighted by Crippen LogP contribution is 2.23. The van der Waals surface area contributed by atoms with Crippen molar-refractivity contribution in [2.75, 3.05) is 20.2 Å². The van der Waals surface area contributed by atoms with Gasteiger partial charge in [-0.25, -0.2) is 0 Å². The number of methoxy groups -OCH3 is 1. The monoisotopic (exact) mass is 291 g/mol. The number of oxime groups is 1. The molecule has 1 atom stereocenters. The molecule has 5 heteroatoms. The zero-order chi connectivity index (χ0) is 15.2. The number of likely N-dealkylation sites (tertiary alicyclic amines) is 1. The van der Waals surface area contributed by atoms with E-state index in [4.69, 9.17) is 15.7 Å². The molecule has 116 valence electrons. The van der Waals surface area contributed by atoms with E-state index in [1.54, 1.807) is 7.11 Å². The van der Waals surface area contributed by atoms with Crippen LogP contribution in [0.4, 0.5) is 0 Å². The van der Waals surface area contributed by atoms with E-state index < -0.39 is 0 Å². The molecule has 21 heavy (non-hydrogen) atoms. The summed E-state index contributed by atoms with van der Waals surface area (Å²) in [6, 6.07) is 5.84. The van der Waals surface area contributed by atoms with E-state index in [1.165, 1.54) is 24.8 Å². The zero-order valence-electron chi connectivity index (χ0n) is 12.9. The van der Waals surface area contributed by atoms with Crippen LogP contribution in [0.3, 0.4) is 0 Å². The summed E-state index contributed by atoms with van der Waals surface area (Å²) in [5.41, 5.74) is 7.46. The quantitative estimate of drug-likeness (QED) is 0.387. The standard InChI is InChI=1S/C16H25N3O2/c1-12-4-3-8-19(9-7-12)11-13-5-6-14(16(17)18-20)15(10-13)21-2/h5-6,10,12,20H,3-4,7-9,11H2,1-2H3,(H2,17,18). The third kappa shape index (κ3) is 4.11. The average Bonchev–Trinajstić information content (AvgIpc) is 2.71. The van der Waals surface area contributed by atoms with Crippen LogP contribution in [0.2, 0.25) is 0 Å². The first-order valence-corrected chi connectivity index (χ1v) is 7.51. The van der Waals surface area contributed by atoms with Gasteiger partial charge in [0.1, 0.15) is 5.75 Å². The molecule has 1 aliphatic heterocycles. The van der Waals surface area contributed by atoms with Crippen LogP contribution in [0.15, 0.2) is 23.4 Å². The SMILES string of the molecule is COc1cc(CN2CCCC(C)CC2)ccc1/C(N)=N/O. The van der Waals surface area contributed by atoms with Gasteiger partial charge in [-0.05, 0) is 56.0 Å². The Kier molecular flexibility index (Phi) is 5.44. The molecular formula is C16H25N3O2. The third-order valence-corrected chi connectivity index (χ3v) is 4.17. The normalized spacial score (nSPS) is 21.0. The van der Waals surface area contributed by atoms with Crippen molar-refractivity contribution in [2.45, 2.75) is 32.7 Å². The van der Waals surface area contributed by atoms with Crippen LogP contribution in [0, 0.1) is 5.92 Å². The number of hydrogen-bond donors (Lipinski definition) is 2. The summed E-state index contributed by atoms with van der Waals surface area (Å²) in [6.07, 6.45) is 3.85. The van der Waals surface area contributed by atoms with Crippen LogP contribution in [-0.4, -0.2) is 36.1 Å². The van der Waals surface area contributed by atoms with Crippen molar-refractivity contribution in [3.8, 4) is 5.75 Å². The van der Waals surface area contributed by atoms with Crippen LogP contribution in [0.25, 0.3) is 0 Å². The van der Waals surface area contributed by atoms with Gasteiger partial charge in [-0.1, -0.05) is 18.1 Å². The van der Waals surface area contributed by atoms with E-state index in [1.807, 2.05) is 18.2 Å². The second-order valence-electron chi connectivity index (χ2n) is 5.83. The molecule has 1 fully saturated rings. The summed E-state index contributed by atoms with van der Waals surface area (Å²) in [6.45, 7) is 5.54. The molecule has 5 nitrogen and oxygen atoms in total. The first kappa shape index (κ1) is 15.6. The Morgan fingerprint density at radius 3 is 2.95 bits per heavy atom. The number of nitrogens with two attached hydrogens (primary N) is 1. The molecule has 0 aliphatic carbocycles. The molecule has 1 aromatic carbocycles. The van der Waals surface area contributed by atoms with Gasteiger partial charge < -0.3 is 15.7 Å². The van der Waals surface area contributed by atoms with Crippen molar-refractivity contribution in [3.63, 3.8) is 0 Å². The van der Waals surface area contributed by atoms with Gasteiger partial charge in [0.2, 0.25) is 0 Å². The molecule has 1 unspecified atom stereocenters. The minimum atomic E-state index is 0.0713. The molecule has 0 spiro atoms. The molecule has 2 rings (SSSR count). The van der Waals surface area contributed by atoms with Crippen LogP contribution in [0.1, 0.15) is 37.3 Å². The maximum atomic E-state index is 8.79. The Hall–Kier alpha value is -1.75. The van der Waals surface area contributed by atoms with Gasteiger partial charge in [-0.3, -0.25) is 4.90 Å². The first-order chi connectivity index (χ1) is 10.1. The highest BCUT2D eigenvalue weighted by atomic mass is 16.5. The van der Waals surface area contributed by atoms with Crippen LogP contribution in [-0.2, 0) is 6.54 Å². The lowest BCUT2D eigenvalue weighted by atomic mass is 10.0. The van der Waals surface area contributed by atoms with Gasteiger partial charge in [0.05, 0.1) is 12.7 Å². The van der Waals surface area contributed by atoms with Gasteiger partial charge in [-0.2, -0.15) is 0 Å². The van der Waals surface area contributed by atoms with Gasteiger partial charge in [-0.15, -0.1) is 0 Å². The number of hydrogen-bond acceptors (Lipinski definition) is 4. The molecule has 1 aromatic rings. The molecule has 0 saturated carbocycles. The molecule has 3 N–H and O–H groups in total. The Bertz CT molecular complexity index is 502. The lowest BCUT2D eigenvalue weighted by Gasteiger charge is -2.20. The zero-order valence-corrected chi connectivity index (χ0v) is 12.9. The molecule has 0 amide bonds. The maximum Gasteiger partial charge on any atom is 0.173 e. The maximum absolute atomic E-state index is 8.79. The van der Waals surface area contributed by atoms with Crippen molar-refractivity contribution in [3.05, 3.63) is 29.3 Å². The van der Waals surface area contributed by atoms with E-state index in [9.17, 15) is 0 Å². The Morgan fingerprint density at radius 1 is 1.43 bits per heavy atom. The summed E-state index contributed by atoms with van der Waals surface area (Å²) < 4.78 is 5.35. The van der Waals surface area contributed by atoms with Crippen LogP contribution >= 0.6 is 0 Å². The molecule has 0 aromatic heterocycles. The van der Waals surface area contributed by atoms with Gasteiger partial charge in [0, 0.05) is 6.54 Å². The minimum absolute atomic E-state index is 0.0713. The van der Waals surface area contributed by atoms with Crippen LogP contribution < -0.4 is 10.5 Å². The van der Waals surface area contributed by atoms with E-state index >= 15 is 0 Å². The average molecular weight is 291 g/mol. The second kappa shape index (κ2) is 7.31. The second-order valence-corrected chi connectivity index (χ2v) is 5.83. The van der Waals surface area contributed by atoms with Crippen molar-refractivity contribution in [1.82, 2.24) is 4.90 Å². The fraction of sp³-hybridized carbons (Fsp3) is 0.562. The van der Waals surface area contributed by atoms with E-state index in [2.05, 4.69) is 17.0 Å². The highest BCUT2D eigenvalue weighted by Gasteiger charge is 2.15. The minimum Gasteiger partial charge on any atom is -0.496 e. The van der Waals surface area contributed by atoms with Crippen molar-refractivity contribution >= 4 is 5.84 Å². The largest absolute Gasteiger partial charge is 0.496 e. The summed E-state index contributed by atoms with van der Waals surface area (Å²) in [5, 5.41) is 11.8. The molecule has 1 saturated heterocycles. The number of ether oxygens (including phenoxy) is 1. The van der Waals surface area contributed by atoms with Crippen LogP contribution in [0.5, 0.6) is 5.75 Å². The number of nitrogens with zero attached hydrogens (tertiary/aromatic N) is 2. The lowest BCUT2D eigenvalue weighted by molar-refractivity contribution is 0.273. The fourth-order valence-electron chi connectivity index (χ4n) is 2.84. The van der Waals surface area contributed by atoms with E-state index in [0.29, 0.717) is 11.3 Å². The van der Waals surface area contributed by atoms with Crippen molar-refractivity contribution in [2.24, 2.45) is 16.8 Å². The predicted molar refractivity (Wildman–Crippen MR) is 83.8 cm³/mol. The summed E-state index contributed by atoms with van der Waals surface area (Å²) in [7, 11) is 1.60. The molecule has 1 heterocycles. The van der Waals surface area contributed by atoms with E-state index in [0.717, 1.165) is 25.6 Å². The van der Waals surface area contributed by atoms with E-state index in [-0.39, 0.29) is 5.84 Å². The smallest absolute Gasteiger partial charge is 0.173 e. The first-order valence-electron chi connectivity index (χ1n) is 7.51. The Balaban J connectivity index is 2.10. The Labute approximate surface area is 126 Å². The summed E-state index contributed by atoms with van der Waals surface area (Å²) >= 11 is 0. The number of benzene rings is 1. The number of amidine groups is 1. The molecule has 0 radical (unpaired) electrons. The third-order valence-electron chi connectivity index (χ3n) is 4.17. The molecule has 0 bridgehead atoms.